The van der Waals surface area contributed by atoms with E-state index in [-0.39, 0.29) is 30.8 Å². The number of nitrogens with one attached hydrogen (secondary N) is 2. The maximum atomic E-state index is 11.5. The summed E-state index contributed by atoms with van der Waals surface area (Å²) in [6.45, 7) is 6.96. The molecule has 28 heavy (non-hydrogen) atoms. The van der Waals surface area contributed by atoms with Gasteiger partial charge in [0.25, 0.3) is 0 Å². The van der Waals surface area contributed by atoms with E-state index >= 15 is 0 Å². The monoisotopic (exact) mass is 404 g/mol. The molecule has 0 aromatic carbocycles. The molecule has 9 heteroatoms. The Labute approximate surface area is 167 Å². The molecule has 0 saturated heterocycles. The Balaban J connectivity index is 3.28. The van der Waals surface area contributed by atoms with E-state index in [0.29, 0.717) is 59.2 Å². The summed E-state index contributed by atoms with van der Waals surface area (Å²) in [5.74, 6) is -0.165. The fourth-order valence-corrected chi connectivity index (χ4v) is 2.08. The predicted octanol–water partition coefficient (Wildman–Crippen LogP) is 0.455. The molecule has 0 heterocycles. The summed E-state index contributed by atoms with van der Waals surface area (Å²) in [7, 11) is 0. The molecule has 0 bridgehead atoms. The standard InChI is InChI=1S/C19H36N2O7/c1-3-25-11-13-27-16-19(24)21-9-10-26-12-14-28-15-18(23)20-8-6-4-5-7-17(2)22/h3-16H2,1-2H3,(H,20,23)(H,21,24). The van der Waals surface area contributed by atoms with Crippen LogP contribution >= 0.6 is 0 Å². The van der Waals surface area contributed by atoms with Gasteiger partial charge in [0.1, 0.15) is 19.0 Å². The van der Waals surface area contributed by atoms with Crippen LogP contribution in [0.4, 0.5) is 0 Å². The number of Topliss-reactive ketones (excluding diaryl/α,β-unsaturated/α-hetero) is 1. The van der Waals surface area contributed by atoms with Crippen LogP contribution in [0, 0.1) is 0 Å². The van der Waals surface area contributed by atoms with Crippen LogP contribution in [-0.4, -0.2) is 83.5 Å². The first-order valence-electron chi connectivity index (χ1n) is 9.90. The van der Waals surface area contributed by atoms with Crippen molar-refractivity contribution in [3.8, 4) is 0 Å². The van der Waals surface area contributed by atoms with Crippen LogP contribution in [0.1, 0.15) is 39.5 Å². The normalized spacial score (nSPS) is 10.6. The highest BCUT2D eigenvalue weighted by Gasteiger charge is 2.02. The molecule has 2 amide bonds. The van der Waals surface area contributed by atoms with Gasteiger partial charge in [-0.25, -0.2) is 0 Å². The van der Waals surface area contributed by atoms with E-state index in [9.17, 15) is 14.4 Å². The second kappa shape index (κ2) is 20.2. The van der Waals surface area contributed by atoms with Crippen molar-refractivity contribution in [3.63, 3.8) is 0 Å². The van der Waals surface area contributed by atoms with Gasteiger partial charge in [-0.1, -0.05) is 6.42 Å². The number of ketones is 1. The molecule has 0 aromatic rings. The van der Waals surface area contributed by atoms with Crippen molar-refractivity contribution in [1.29, 1.82) is 0 Å². The predicted molar refractivity (Wildman–Crippen MR) is 104 cm³/mol. The zero-order valence-electron chi connectivity index (χ0n) is 17.3. The highest BCUT2D eigenvalue weighted by Crippen LogP contribution is 1.99. The van der Waals surface area contributed by atoms with E-state index in [1.54, 1.807) is 6.92 Å². The van der Waals surface area contributed by atoms with E-state index in [0.717, 1.165) is 19.3 Å². The molecule has 9 nitrogen and oxygen atoms in total. The lowest BCUT2D eigenvalue weighted by Crippen LogP contribution is -2.31. The molecule has 0 fully saturated rings. The quantitative estimate of drug-likeness (QED) is 0.283. The molecule has 0 saturated carbocycles. The minimum absolute atomic E-state index is 0.00201. The molecule has 0 rings (SSSR count). The first kappa shape index (κ1) is 26.4. The van der Waals surface area contributed by atoms with Gasteiger partial charge in [0.05, 0.1) is 33.0 Å². The van der Waals surface area contributed by atoms with Gasteiger partial charge in [0.15, 0.2) is 0 Å². The van der Waals surface area contributed by atoms with Gasteiger partial charge in [-0.15, -0.1) is 0 Å². The summed E-state index contributed by atoms with van der Waals surface area (Å²) in [4.78, 5) is 33.8. The third-order valence-electron chi connectivity index (χ3n) is 3.51. The molecule has 0 aliphatic carbocycles. The van der Waals surface area contributed by atoms with Crippen molar-refractivity contribution >= 4 is 17.6 Å². The summed E-state index contributed by atoms with van der Waals surface area (Å²) in [6.07, 6.45) is 3.24. The number of hydrogen-bond acceptors (Lipinski definition) is 7. The molecule has 0 radical (unpaired) electrons. The van der Waals surface area contributed by atoms with Crippen LogP contribution in [-0.2, 0) is 33.3 Å². The van der Waals surface area contributed by atoms with Gasteiger partial charge in [0, 0.05) is 26.1 Å². The molecule has 0 aliphatic rings. The lowest BCUT2D eigenvalue weighted by atomic mass is 10.1. The first-order chi connectivity index (χ1) is 13.6. The average molecular weight is 405 g/mol. The number of hydrogen-bond donors (Lipinski definition) is 2. The van der Waals surface area contributed by atoms with E-state index < -0.39 is 0 Å². The minimum atomic E-state index is -0.200. The summed E-state index contributed by atoms with van der Waals surface area (Å²) in [5.41, 5.74) is 0. The first-order valence-corrected chi connectivity index (χ1v) is 9.90. The SMILES string of the molecule is CCOCCOCC(=O)NCCOCCOCC(=O)NCCCCCC(C)=O. The highest BCUT2D eigenvalue weighted by atomic mass is 16.5. The fourth-order valence-electron chi connectivity index (χ4n) is 2.08. The third-order valence-corrected chi connectivity index (χ3v) is 3.51. The molecule has 164 valence electrons. The van der Waals surface area contributed by atoms with Crippen molar-refractivity contribution in [2.45, 2.75) is 39.5 Å². The van der Waals surface area contributed by atoms with Crippen LogP contribution in [0.15, 0.2) is 0 Å². The van der Waals surface area contributed by atoms with Crippen LogP contribution in [0.3, 0.4) is 0 Å². The molecule has 0 atom stereocenters. The number of unbranched alkanes of at least 4 members (excludes halogenated alkanes) is 2. The molecular formula is C19H36N2O7. The number of carbonyl (C=O) groups excluding carboxylic acids is 3. The zero-order valence-corrected chi connectivity index (χ0v) is 17.3. The molecule has 0 spiro atoms. The molecule has 0 aliphatic heterocycles. The lowest BCUT2D eigenvalue weighted by Gasteiger charge is -2.08. The van der Waals surface area contributed by atoms with E-state index in [2.05, 4.69) is 10.6 Å². The number of rotatable bonds is 20. The highest BCUT2D eigenvalue weighted by molar-refractivity contribution is 5.77. The Morgan fingerprint density at radius 1 is 0.679 bits per heavy atom. The summed E-state index contributed by atoms with van der Waals surface area (Å²) < 4.78 is 20.8. The van der Waals surface area contributed by atoms with Gasteiger partial charge >= 0.3 is 0 Å². The Hall–Kier alpha value is -1.55. The summed E-state index contributed by atoms with van der Waals surface area (Å²) in [5, 5.41) is 5.44. The van der Waals surface area contributed by atoms with Crippen molar-refractivity contribution in [2.24, 2.45) is 0 Å². The molecule has 0 aromatic heterocycles. The molecular weight excluding hydrogens is 368 g/mol. The number of amides is 2. The van der Waals surface area contributed by atoms with E-state index in [1.165, 1.54) is 0 Å². The van der Waals surface area contributed by atoms with Crippen LogP contribution < -0.4 is 10.6 Å². The van der Waals surface area contributed by atoms with Crippen molar-refractivity contribution < 1.29 is 33.3 Å². The average Bonchev–Trinajstić information content (AvgIpc) is 2.66. The topological polar surface area (TPSA) is 112 Å². The Bertz CT molecular complexity index is 419. The van der Waals surface area contributed by atoms with Crippen LogP contribution in [0.2, 0.25) is 0 Å². The summed E-state index contributed by atoms with van der Waals surface area (Å²) in [6, 6.07) is 0. The largest absolute Gasteiger partial charge is 0.379 e. The van der Waals surface area contributed by atoms with Crippen molar-refractivity contribution in [2.75, 3.05) is 65.9 Å². The van der Waals surface area contributed by atoms with E-state index in [1.807, 2.05) is 6.92 Å². The van der Waals surface area contributed by atoms with Crippen molar-refractivity contribution in [3.05, 3.63) is 0 Å². The van der Waals surface area contributed by atoms with Crippen LogP contribution in [0.5, 0.6) is 0 Å². The van der Waals surface area contributed by atoms with Gasteiger partial charge < -0.3 is 34.4 Å². The Morgan fingerprint density at radius 2 is 1.25 bits per heavy atom. The third kappa shape index (κ3) is 20.8. The van der Waals surface area contributed by atoms with E-state index in [4.69, 9.17) is 18.9 Å². The fraction of sp³-hybridized carbons (Fsp3) is 0.842. The maximum Gasteiger partial charge on any atom is 0.246 e. The number of carbonyl (C=O) groups is 3. The lowest BCUT2D eigenvalue weighted by molar-refractivity contribution is -0.127. The van der Waals surface area contributed by atoms with Gasteiger partial charge in [-0.3, -0.25) is 9.59 Å². The maximum absolute atomic E-state index is 11.5. The van der Waals surface area contributed by atoms with Crippen molar-refractivity contribution in [1.82, 2.24) is 10.6 Å². The summed E-state index contributed by atoms with van der Waals surface area (Å²) >= 11 is 0. The smallest absolute Gasteiger partial charge is 0.246 e. The Kier molecular flexibility index (Phi) is 19.1. The molecule has 0 unspecified atom stereocenters. The van der Waals surface area contributed by atoms with Gasteiger partial charge in [-0.2, -0.15) is 0 Å². The van der Waals surface area contributed by atoms with Gasteiger partial charge in [-0.05, 0) is 26.7 Å². The second-order valence-electron chi connectivity index (χ2n) is 6.13. The number of ether oxygens (including phenoxy) is 4. The minimum Gasteiger partial charge on any atom is -0.379 e. The molecule has 2 N–H and O–H groups in total. The second-order valence-corrected chi connectivity index (χ2v) is 6.13. The van der Waals surface area contributed by atoms with Crippen LogP contribution in [0.25, 0.3) is 0 Å². The van der Waals surface area contributed by atoms with Gasteiger partial charge in [0.2, 0.25) is 11.8 Å². The Morgan fingerprint density at radius 3 is 1.86 bits per heavy atom. The zero-order chi connectivity index (χ0) is 20.9.